The second kappa shape index (κ2) is 7.01. The fourth-order valence-corrected chi connectivity index (χ4v) is 1.93. The molecule has 0 radical (unpaired) electrons. The number of amides is 1. The van der Waals surface area contributed by atoms with E-state index in [9.17, 15) is 18.0 Å². The smallest absolute Gasteiger partial charge is 0.332 e. The molecule has 0 bridgehead atoms. The summed E-state index contributed by atoms with van der Waals surface area (Å²) in [5.41, 5.74) is 0.496. The van der Waals surface area contributed by atoms with Crippen molar-refractivity contribution in [2.24, 2.45) is 0 Å². The van der Waals surface area contributed by atoms with Crippen LogP contribution in [-0.4, -0.2) is 36.0 Å². The molecule has 1 aromatic rings. The number of carbonyl (C=O) groups is 1. The molecule has 0 atom stereocenters. The van der Waals surface area contributed by atoms with E-state index in [1.165, 1.54) is 0 Å². The average Bonchev–Trinajstić information content (AvgIpc) is 2.30. The van der Waals surface area contributed by atoms with Gasteiger partial charge >= 0.3 is 6.18 Å². The number of alkyl halides is 4. The molecule has 106 valence electrons. The molecule has 19 heavy (non-hydrogen) atoms. The summed E-state index contributed by atoms with van der Waals surface area (Å²) in [6.45, 7) is -1.45. The molecule has 0 aromatic heterocycles. The molecule has 0 N–H and O–H groups in total. The van der Waals surface area contributed by atoms with Gasteiger partial charge in [0.15, 0.2) is 0 Å². The van der Waals surface area contributed by atoms with Crippen molar-refractivity contribution in [1.82, 2.24) is 4.90 Å². The molecule has 0 aliphatic heterocycles. The van der Waals surface area contributed by atoms with Gasteiger partial charge in [-0.05, 0) is 11.6 Å². The van der Waals surface area contributed by atoms with Crippen LogP contribution in [0.5, 0.6) is 0 Å². The molecule has 0 saturated heterocycles. The first-order valence-electron chi connectivity index (χ1n) is 5.47. The number of nitrogens with zero attached hydrogens (tertiary/aromatic N) is 1. The summed E-state index contributed by atoms with van der Waals surface area (Å²) in [7, 11) is 0. The van der Waals surface area contributed by atoms with E-state index in [0.29, 0.717) is 15.5 Å². The minimum atomic E-state index is -4.44. The van der Waals surface area contributed by atoms with E-state index in [1.54, 1.807) is 24.3 Å². The number of benzene rings is 1. The maximum absolute atomic E-state index is 12.3. The molecular weight excluding hydrogens is 302 g/mol. The topological polar surface area (TPSA) is 20.3 Å². The molecule has 7 heteroatoms. The Balaban J connectivity index is 2.75. The van der Waals surface area contributed by atoms with Crippen LogP contribution in [0.3, 0.4) is 0 Å². The van der Waals surface area contributed by atoms with Crippen LogP contribution in [0.1, 0.15) is 5.56 Å². The molecule has 0 saturated carbocycles. The van der Waals surface area contributed by atoms with Crippen molar-refractivity contribution in [3.8, 4) is 0 Å². The van der Waals surface area contributed by atoms with E-state index in [2.05, 4.69) is 0 Å². The lowest BCUT2D eigenvalue weighted by atomic mass is 10.1. The van der Waals surface area contributed by atoms with Crippen LogP contribution in [0.4, 0.5) is 13.2 Å². The first-order chi connectivity index (χ1) is 8.83. The molecule has 0 aliphatic rings. The van der Waals surface area contributed by atoms with Gasteiger partial charge in [-0.2, -0.15) is 13.2 Å². The number of halogens is 5. The van der Waals surface area contributed by atoms with Gasteiger partial charge in [0.25, 0.3) is 0 Å². The van der Waals surface area contributed by atoms with E-state index < -0.39 is 18.6 Å². The van der Waals surface area contributed by atoms with Crippen molar-refractivity contribution in [2.45, 2.75) is 12.6 Å². The molecule has 0 fully saturated rings. The fourth-order valence-electron chi connectivity index (χ4n) is 1.53. The summed E-state index contributed by atoms with van der Waals surface area (Å²) < 4.78 is 37.0. The molecule has 1 rings (SSSR count). The Morgan fingerprint density at radius 2 is 1.89 bits per heavy atom. The van der Waals surface area contributed by atoms with Crippen molar-refractivity contribution in [2.75, 3.05) is 19.0 Å². The molecule has 1 aromatic carbocycles. The highest BCUT2D eigenvalue weighted by molar-refractivity contribution is 6.31. The summed E-state index contributed by atoms with van der Waals surface area (Å²) in [6.07, 6.45) is -4.62. The van der Waals surface area contributed by atoms with E-state index >= 15 is 0 Å². The van der Waals surface area contributed by atoms with Gasteiger partial charge in [0, 0.05) is 17.4 Å². The summed E-state index contributed by atoms with van der Waals surface area (Å²) >= 11 is 11.3. The maximum Gasteiger partial charge on any atom is 0.406 e. The highest BCUT2D eigenvalue weighted by atomic mass is 35.5. The van der Waals surface area contributed by atoms with E-state index in [4.69, 9.17) is 23.2 Å². The van der Waals surface area contributed by atoms with E-state index in [1.807, 2.05) is 0 Å². The summed E-state index contributed by atoms with van der Waals surface area (Å²) in [6, 6.07) is 6.54. The molecule has 0 aliphatic carbocycles. The predicted molar refractivity (Wildman–Crippen MR) is 68.5 cm³/mol. The zero-order valence-electron chi connectivity index (χ0n) is 9.88. The Hall–Kier alpha value is -0.940. The van der Waals surface area contributed by atoms with Crippen LogP contribution < -0.4 is 0 Å². The standard InChI is InChI=1S/C12H12Cl2F3NO/c13-5-6-18(8-12(15,16)17)11(19)7-9-3-1-2-4-10(9)14/h1-4H,5-8H2. The lowest BCUT2D eigenvalue weighted by Gasteiger charge is -2.23. The summed E-state index contributed by atoms with van der Waals surface area (Å²) in [4.78, 5) is 12.5. The lowest BCUT2D eigenvalue weighted by Crippen LogP contribution is -2.41. The fraction of sp³-hybridized carbons (Fsp3) is 0.417. The third-order valence-corrected chi connectivity index (χ3v) is 2.91. The highest BCUT2D eigenvalue weighted by Crippen LogP contribution is 2.19. The second-order valence-electron chi connectivity index (χ2n) is 3.89. The maximum atomic E-state index is 12.3. The largest absolute Gasteiger partial charge is 0.406 e. The van der Waals surface area contributed by atoms with Crippen LogP contribution in [0.25, 0.3) is 0 Å². The Kier molecular flexibility index (Phi) is 5.94. The van der Waals surface area contributed by atoms with E-state index in [0.717, 1.165) is 0 Å². The average molecular weight is 314 g/mol. The third kappa shape index (κ3) is 5.70. The van der Waals surface area contributed by atoms with Gasteiger partial charge in [0.05, 0.1) is 6.42 Å². The minimum absolute atomic E-state index is 0.0512. The van der Waals surface area contributed by atoms with E-state index in [-0.39, 0.29) is 18.8 Å². The van der Waals surface area contributed by atoms with Crippen LogP contribution in [0, 0.1) is 0 Å². The first-order valence-corrected chi connectivity index (χ1v) is 6.38. The minimum Gasteiger partial charge on any atom is -0.332 e. The molecular formula is C12H12Cl2F3NO. The van der Waals surface area contributed by atoms with Crippen LogP contribution in [0.15, 0.2) is 24.3 Å². The lowest BCUT2D eigenvalue weighted by molar-refractivity contribution is -0.160. The van der Waals surface area contributed by atoms with Gasteiger partial charge in [0.2, 0.25) is 5.91 Å². The van der Waals surface area contributed by atoms with Crippen molar-refractivity contribution in [3.05, 3.63) is 34.9 Å². The third-order valence-electron chi connectivity index (χ3n) is 2.38. The zero-order chi connectivity index (χ0) is 14.5. The molecule has 2 nitrogen and oxygen atoms in total. The van der Waals surface area contributed by atoms with Crippen molar-refractivity contribution in [3.63, 3.8) is 0 Å². The van der Waals surface area contributed by atoms with Gasteiger partial charge in [-0.1, -0.05) is 29.8 Å². The predicted octanol–water partition coefficient (Wildman–Crippen LogP) is 3.51. The zero-order valence-corrected chi connectivity index (χ0v) is 11.4. The Morgan fingerprint density at radius 3 is 2.42 bits per heavy atom. The van der Waals surface area contributed by atoms with Gasteiger partial charge in [0.1, 0.15) is 6.54 Å². The number of hydrogen-bond donors (Lipinski definition) is 0. The highest BCUT2D eigenvalue weighted by Gasteiger charge is 2.32. The summed E-state index contributed by atoms with van der Waals surface area (Å²) in [5.74, 6) is -0.698. The number of hydrogen-bond acceptors (Lipinski definition) is 1. The molecule has 0 unspecified atom stereocenters. The normalized spacial score (nSPS) is 11.4. The van der Waals surface area contributed by atoms with Crippen molar-refractivity contribution in [1.29, 1.82) is 0 Å². The van der Waals surface area contributed by atoms with Gasteiger partial charge < -0.3 is 4.90 Å². The summed E-state index contributed by atoms with van der Waals surface area (Å²) in [5, 5.41) is 0.355. The Bertz CT molecular complexity index is 437. The number of carbonyl (C=O) groups excluding carboxylic acids is 1. The van der Waals surface area contributed by atoms with Crippen LogP contribution in [0.2, 0.25) is 5.02 Å². The van der Waals surface area contributed by atoms with Gasteiger partial charge in [-0.25, -0.2) is 0 Å². The Labute approximate surface area is 119 Å². The SMILES string of the molecule is O=C(Cc1ccccc1Cl)N(CCCl)CC(F)(F)F. The van der Waals surface area contributed by atoms with Gasteiger partial charge in [-0.15, -0.1) is 11.6 Å². The molecule has 0 spiro atoms. The molecule has 0 heterocycles. The second-order valence-corrected chi connectivity index (χ2v) is 4.67. The van der Waals surface area contributed by atoms with Crippen molar-refractivity contribution >= 4 is 29.1 Å². The quantitative estimate of drug-likeness (QED) is 0.762. The first kappa shape index (κ1) is 16.1. The Morgan fingerprint density at radius 1 is 1.26 bits per heavy atom. The van der Waals surface area contributed by atoms with Gasteiger partial charge in [-0.3, -0.25) is 4.79 Å². The van der Waals surface area contributed by atoms with Crippen LogP contribution >= 0.6 is 23.2 Å². The van der Waals surface area contributed by atoms with Crippen LogP contribution in [-0.2, 0) is 11.2 Å². The monoisotopic (exact) mass is 313 g/mol. The number of rotatable bonds is 5. The molecule has 1 amide bonds. The van der Waals surface area contributed by atoms with Crippen molar-refractivity contribution < 1.29 is 18.0 Å².